The zero-order valence-corrected chi connectivity index (χ0v) is 8.38. The minimum Gasteiger partial charge on any atom is -0.397 e. The fraction of sp³-hybridized carbons (Fsp3) is 0.222. The molecule has 6 nitrogen and oxygen atoms in total. The second-order valence-electron chi connectivity index (χ2n) is 3.16. The van der Waals surface area contributed by atoms with E-state index in [2.05, 4.69) is 20.4 Å². The zero-order chi connectivity index (χ0) is 10.7. The molecule has 0 amide bonds. The molecular formula is C9H12N6. The van der Waals surface area contributed by atoms with Crippen molar-refractivity contribution in [2.24, 2.45) is 7.05 Å². The van der Waals surface area contributed by atoms with E-state index in [9.17, 15) is 0 Å². The van der Waals surface area contributed by atoms with Crippen molar-refractivity contribution in [2.45, 2.75) is 6.54 Å². The molecule has 15 heavy (non-hydrogen) atoms. The van der Waals surface area contributed by atoms with E-state index in [4.69, 9.17) is 5.73 Å². The molecule has 78 valence electrons. The summed E-state index contributed by atoms with van der Waals surface area (Å²) in [5, 5.41) is 7.23. The predicted molar refractivity (Wildman–Crippen MR) is 57.0 cm³/mol. The monoisotopic (exact) mass is 204 g/mol. The molecule has 2 heterocycles. The molecule has 0 aliphatic carbocycles. The number of nitrogens with two attached hydrogens (primary N) is 1. The van der Waals surface area contributed by atoms with Crippen LogP contribution in [0.1, 0.15) is 5.82 Å². The fourth-order valence-electron chi connectivity index (χ4n) is 1.14. The molecule has 2 aromatic rings. The van der Waals surface area contributed by atoms with Gasteiger partial charge in [0.25, 0.3) is 0 Å². The molecule has 0 saturated carbocycles. The average Bonchev–Trinajstić information content (AvgIpc) is 2.64. The molecular weight excluding hydrogens is 192 g/mol. The first-order valence-electron chi connectivity index (χ1n) is 4.54. The van der Waals surface area contributed by atoms with Crippen LogP contribution in [-0.4, -0.2) is 19.7 Å². The fourth-order valence-corrected chi connectivity index (χ4v) is 1.14. The van der Waals surface area contributed by atoms with Crippen molar-refractivity contribution in [3.8, 4) is 0 Å². The second kappa shape index (κ2) is 3.95. The van der Waals surface area contributed by atoms with Crippen LogP contribution in [0.4, 0.5) is 11.5 Å². The van der Waals surface area contributed by atoms with Crippen molar-refractivity contribution in [1.82, 2.24) is 19.7 Å². The van der Waals surface area contributed by atoms with E-state index >= 15 is 0 Å². The van der Waals surface area contributed by atoms with Crippen LogP contribution in [-0.2, 0) is 13.6 Å². The molecule has 2 aromatic heterocycles. The van der Waals surface area contributed by atoms with Crippen molar-refractivity contribution < 1.29 is 0 Å². The van der Waals surface area contributed by atoms with Crippen LogP contribution < -0.4 is 11.1 Å². The van der Waals surface area contributed by atoms with E-state index in [0.29, 0.717) is 12.2 Å². The average molecular weight is 204 g/mol. The molecule has 0 fully saturated rings. The standard InChI is InChI=1S/C9H12N6/c1-15-6-13-9(14-15)5-12-8-3-2-7(10)4-11-8/h2-4,6H,5,10H2,1H3,(H,11,12). The minimum absolute atomic E-state index is 0.553. The number of pyridine rings is 1. The maximum absolute atomic E-state index is 5.52. The molecule has 0 saturated heterocycles. The summed E-state index contributed by atoms with van der Waals surface area (Å²) >= 11 is 0. The highest BCUT2D eigenvalue weighted by Crippen LogP contribution is 2.06. The third-order valence-electron chi connectivity index (χ3n) is 1.86. The van der Waals surface area contributed by atoms with E-state index in [1.807, 2.05) is 13.1 Å². The Labute approximate surface area is 87.2 Å². The Morgan fingerprint density at radius 1 is 1.40 bits per heavy atom. The zero-order valence-electron chi connectivity index (χ0n) is 8.38. The SMILES string of the molecule is Cn1cnc(CNc2ccc(N)cn2)n1. The highest BCUT2D eigenvalue weighted by atomic mass is 15.3. The molecule has 0 unspecified atom stereocenters. The second-order valence-corrected chi connectivity index (χ2v) is 3.16. The van der Waals surface area contributed by atoms with Crippen LogP contribution in [0.3, 0.4) is 0 Å². The molecule has 0 radical (unpaired) electrons. The van der Waals surface area contributed by atoms with Gasteiger partial charge in [-0.3, -0.25) is 4.68 Å². The smallest absolute Gasteiger partial charge is 0.169 e. The van der Waals surface area contributed by atoms with Gasteiger partial charge in [-0.25, -0.2) is 9.97 Å². The molecule has 0 bridgehead atoms. The van der Waals surface area contributed by atoms with Crippen molar-refractivity contribution in [3.05, 3.63) is 30.5 Å². The molecule has 0 aromatic carbocycles. The summed E-state index contributed by atoms with van der Waals surface area (Å²) in [5.41, 5.74) is 6.17. The number of hydrogen-bond acceptors (Lipinski definition) is 5. The number of nitrogen functional groups attached to an aromatic ring is 1. The van der Waals surface area contributed by atoms with E-state index < -0.39 is 0 Å². The highest BCUT2D eigenvalue weighted by Gasteiger charge is 1.98. The lowest BCUT2D eigenvalue weighted by Crippen LogP contribution is -2.03. The lowest BCUT2D eigenvalue weighted by molar-refractivity contribution is 0.747. The van der Waals surface area contributed by atoms with Gasteiger partial charge in [-0.1, -0.05) is 0 Å². The summed E-state index contributed by atoms with van der Waals surface area (Å²) in [6.07, 6.45) is 3.27. The van der Waals surface area contributed by atoms with Gasteiger partial charge in [0.1, 0.15) is 12.1 Å². The van der Waals surface area contributed by atoms with Crippen LogP contribution >= 0.6 is 0 Å². The van der Waals surface area contributed by atoms with Crippen LogP contribution in [0.25, 0.3) is 0 Å². The number of aryl methyl sites for hydroxylation is 1. The Bertz CT molecular complexity index is 432. The molecule has 0 aliphatic rings. The molecule has 2 rings (SSSR count). The van der Waals surface area contributed by atoms with Crippen molar-refractivity contribution in [3.63, 3.8) is 0 Å². The number of aromatic nitrogens is 4. The van der Waals surface area contributed by atoms with E-state index in [0.717, 1.165) is 11.6 Å². The Morgan fingerprint density at radius 3 is 2.87 bits per heavy atom. The lowest BCUT2D eigenvalue weighted by atomic mass is 10.4. The molecule has 0 atom stereocenters. The van der Waals surface area contributed by atoms with Gasteiger partial charge in [0.2, 0.25) is 0 Å². The number of nitrogens with one attached hydrogen (secondary N) is 1. The normalized spacial score (nSPS) is 10.2. The summed E-state index contributed by atoms with van der Waals surface area (Å²) in [6.45, 7) is 0.553. The van der Waals surface area contributed by atoms with E-state index in [-0.39, 0.29) is 0 Å². The predicted octanol–water partition coefficient (Wildman–Crippen LogP) is 0.404. The molecule has 0 spiro atoms. The van der Waals surface area contributed by atoms with Crippen LogP contribution in [0.5, 0.6) is 0 Å². The third kappa shape index (κ3) is 2.43. The molecule has 3 N–H and O–H groups in total. The van der Waals surface area contributed by atoms with Gasteiger partial charge >= 0.3 is 0 Å². The number of nitrogens with zero attached hydrogens (tertiary/aromatic N) is 4. The third-order valence-corrected chi connectivity index (χ3v) is 1.86. The van der Waals surface area contributed by atoms with Gasteiger partial charge in [0, 0.05) is 7.05 Å². The summed E-state index contributed by atoms with van der Waals surface area (Å²) < 4.78 is 1.66. The van der Waals surface area contributed by atoms with E-state index in [1.54, 1.807) is 23.3 Å². The largest absolute Gasteiger partial charge is 0.397 e. The minimum atomic E-state index is 0.553. The Balaban J connectivity index is 1.96. The summed E-state index contributed by atoms with van der Waals surface area (Å²) in [5.74, 6) is 1.49. The van der Waals surface area contributed by atoms with Gasteiger partial charge in [-0.15, -0.1) is 0 Å². The lowest BCUT2D eigenvalue weighted by Gasteiger charge is -2.02. The first-order valence-corrected chi connectivity index (χ1v) is 4.54. The van der Waals surface area contributed by atoms with Crippen molar-refractivity contribution in [2.75, 3.05) is 11.1 Å². The number of rotatable bonds is 3. The van der Waals surface area contributed by atoms with Gasteiger partial charge in [-0.2, -0.15) is 5.10 Å². The highest BCUT2D eigenvalue weighted by molar-refractivity contribution is 5.43. The Hall–Kier alpha value is -2.11. The van der Waals surface area contributed by atoms with Crippen molar-refractivity contribution >= 4 is 11.5 Å². The van der Waals surface area contributed by atoms with Crippen LogP contribution in [0.15, 0.2) is 24.7 Å². The van der Waals surface area contributed by atoms with Gasteiger partial charge < -0.3 is 11.1 Å². The summed E-state index contributed by atoms with van der Waals surface area (Å²) in [7, 11) is 1.83. The van der Waals surface area contributed by atoms with Crippen LogP contribution in [0.2, 0.25) is 0 Å². The van der Waals surface area contributed by atoms with Gasteiger partial charge in [0.05, 0.1) is 18.4 Å². The van der Waals surface area contributed by atoms with Gasteiger partial charge in [-0.05, 0) is 12.1 Å². The Morgan fingerprint density at radius 2 is 2.27 bits per heavy atom. The first kappa shape index (κ1) is 9.45. The Kier molecular flexibility index (Phi) is 2.49. The maximum Gasteiger partial charge on any atom is 0.169 e. The van der Waals surface area contributed by atoms with Gasteiger partial charge in [0.15, 0.2) is 5.82 Å². The molecule has 0 aliphatic heterocycles. The van der Waals surface area contributed by atoms with Crippen molar-refractivity contribution in [1.29, 1.82) is 0 Å². The number of hydrogen-bond donors (Lipinski definition) is 2. The first-order chi connectivity index (χ1) is 7.24. The van der Waals surface area contributed by atoms with E-state index in [1.165, 1.54) is 0 Å². The molecule has 6 heteroatoms. The summed E-state index contributed by atoms with van der Waals surface area (Å²) in [4.78, 5) is 8.19. The summed E-state index contributed by atoms with van der Waals surface area (Å²) in [6, 6.07) is 3.61. The topological polar surface area (TPSA) is 81.7 Å². The van der Waals surface area contributed by atoms with Crippen LogP contribution in [0, 0.1) is 0 Å². The number of anilines is 2. The quantitative estimate of drug-likeness (QED) is 0.756. The maximum atomic E-state index is 5.52.